The normalized spacial score (nSPS) is 18.6. The van der Waals surface area contributed by atoms with Crippen molar-refractivity contribution in [3.63, 3.8) is 0 Å². The van der Waals surface area contributed by atoms with E-state index in [1.54, 1.807) is 0 Å². The van der Waals surface area contributed by atoms with Gasteiger partial charge in [-0.2, -0.15) is 0 Å². The van der Waals surface area contributed by atoms with Crippen LogP contribution in [0.5, 0.6) is 0 Å². The summed E-state index contributed by atoms with van der Waals surface area (Å²) in [4.78, 5) is 11.8. The Labute approximate surface area is 118 Å². The zero-order valence-corrected chi connectivity index (χ0v) is 12.1. The summed E-state index contributed by atoms with van der Waals surface area (Å²) < 4.78 is 10.7. The number of benzene rings is 1. The van der Waals surface area contributed by atoms with Crippen LogP contribution >= 0.6 is 11.6 Å². The minimum Gasteiger partial charge on any atom is -0.444 e. The molecule has 5 heteroatoms. The fourth-order valence-corrected chi connectivity index (χ4v) is 2.18. The maximum Gasteiger partial charge on any atom is 0.408 e. The summed E-state index contributed by atoms with van der Waals surface area (Å²) in [5, 5.41) is 3.49. The first-order chi connectivity index (χ1) is 8.85. The fraction of sp³-hybridized carbons (Fsp3) is 0.500. The lowest BCUT2D eigenvalue weighted by Gasteiger charge is -2.28. The van der Waals surface area contributed by atoms with Gasteiger partial charge in [0.1, 0.15) is 5.60 Å². The van der Waals surface area contributed by atoms with E-state index in [0.717, 1.165) is 11.1 Å². The number of hydrogen-bond acceptors (Lipinski definition) is 3. The van der Waals surface area contributed by atoms with E-state index in [9.17, 15) is 4.79 Å². The van der Waals surface area contributed by atoms with E-state index in [-0.39, 0.29) is 6.04 Å². The molecule has 1 aromatic carbocycles. The van der Waals surface area contributed by atoms with Gasteiger partial charge >= 0.3 is 6.09 Å². The Kier molecular flexibility index (Phi) is 4.02. The van der Waals surface area contributed by atoms with Crippen LogP contribution in [0.3, 0.4) is 0 Å². The van der Waals surface area contributed by atoms with Crippen molar-refractivity contribution < 1.29 is 14.3 Å². The number of amides is 1. The average molecular weight is 284 g/mol. The molecule has 0 aromatic heterocycles. The van der Waals surface area contributed by atoms with Gasteiger partial charge in [-0.05, 0) is 44.0 Å². The molecule has 4 nitrogen and oxygen atoms in total. The number of nitrogens with one attached hydrogen (secondary N) is 1. The first-order valence-electron chi connectivity index (χ1n) is 6.21. The molecule has 0 saturated carbocycles. The Morgan fingerprint density at radius 3 is 2.89 bits per heavy atom. The lowest BCUT2D eigenvalue weighted by atomic mass is 9.99. The van der Waals surface area contributed by atoms with E-state index in [1.165, 1.54) is 0 Å². The van der Waals surface area contributed by atoms with Gasteiger partial charge in [0.25, 0.3) is 0 Å². The van der Waals surface area contributed by atoms with Crippen molar-refractivity contribution in [3.8, 4) is 0 Å². The Balaban J connectivity index is 2.09. The predicted octanol–water partition coefficient (Wildman–Crippen LogP) is 3.44. The summed E-state index contributed by atoms with van der Waals surface area (Å²) in [6, 6.07) is 5.40. The average Bonchev–Trinajstić information content (AvgIpc) is 2.26. The number of hydrogen-bond donors (Lipinski definition) is 1. The van der Waals surface area contributed by atoms with Crippen LogP contribution in [0.1, 0.15) is 37.9 Å². The molecular weight excluding hydrogens is 266 g/mol. The van der Waals surface area contributed by atoms with E-state index in [1.807, 2.05) is 39.0 Å². The Hall–Kier alpha value is -1.26. The Morgan fingerprint density at radius 2 is 2.21 bits per heavy atom. The second kappa shape index (κ2) is 5.39. The Bertz CT molecular complexity index is 482. The molecule has 0 saturated heterocycles. The zero-order valence-electron chi connectivity index (χ0n) is 11.3. The molecule has 104 valence electrons. The van der Waals surface area contributed by atoms with Gasteiger partial charge in [-0.25, -0.2) is 4.79 Å². The van der Waals surface area contributed by atoms with Crippen molar-refractivity contribution in [1.82, 2.24) is 5.32 Å². The van der Waals surface area contributed by atoms with Gasteiger partial charge in [0.05, 0.1) is 19.3 Å². The molecular formula is C14H18ClNO3. The molecule has 0 fully saturated rings. The molecule has 2 rings (SSSR count). The largest absolute Gasteiger partial charge is 0.444 e. The topological polar surface area (TPSA) is 47.6 Å². The number of fused-ring (bicyclic) bond motifs is 1. The molecule has 0 radical (unpaired) electrons. The van der Waals surface area contributed by atoms with Crippen LogP contribution in [0.25, 0.3) is 0 Å². The van der Waals surface area contributed by atoms with Crippen LogP contribution in [0.15, 0.2) is 18.2 Å². The van der Waals surface area contributed by atoms with Gasteiger partial charge in [-0.1, -0.05) is 17.7 Å². The van der Waals surface area contributed by atoms with Gasteiger partial charge in [0.15, 0.2) is 0 Å². The predicted molar refractivity (Wildman–Crippen MR) is 73.2 cm³/mol. The molecule has 1 aromatic rings. The van der Waals surface area contributed by atoms with E-state index in [2.05, 4.69) is 5.32 Å². The smallest absolute Gasteiger partial charge is 0.408 e. The van der Waals surface area contributed by atoms with Crippen molar-refractivity contribution in [3.05, 3.63) is 34.3 Å². The van der Waals surface area contributed by atoms with Crippen LogP contribution in [-0.4, -0.2) is 18.3 Å². The number of rotatable bonds is 1. The Morgan fingerprint density at radius 1 is 1.47 bits per heavy atom. The van der Waals surface area contributed by atoms with E-state index >= 15 is 0 Å². The fourth-order valence-electron chi connectivity index (χ4n) is 1.99. The van der Waals surface area contributed by atoms with Crippen molar-refractivity contribution in [2.45, 2.75) is 39.0 Å². The van der Waals surface area contributed by atoms with Gasteiger partial charge in [-0.3, -0.25) is 0 Å². The molecule has 0 spiro atoms. The summed E-state index contributed by atoms with van der Waals surface area (Å²) in [5.74, 6) is 0. The van der Waals surface area contributed by atoms with Crippen molar-refractivity contribution in [1.29, 1.82) is 0 Å². The highest BCUT2D eigenvalue weighted by atomic mass is 35.5. The highest BCUT2D eigenvalue weighted by molar-refractivity contribution is 6.30. The number of ether oxygens (including phenoxy) is 2. The lowest BCUT2D eigenvalue weighted by Crippen LogP contribution is -2.38. The van der Waals surface area contributed by atoms with Crippen molar-refractivity contribution in [2.24, 2.45) is 0 Å². The second-order valence-corrected chi connectivity index (χ2v) is 5.99. The third-order valence-electron chi connectivity index (χ3n) is 2.71. The molecule has 1 N–H and O–H groups in total. The molecule has 1 heterocycles. The van der Waals surface area contributed by atoms with Crippen LogP contribution in [0.2, 0.25) is 5.02 Å². The van der Waals surface area contributed by atoms with E-state index in [4.69, 9.17) is 21.1 Å². The molecule has 0 unspecified atom stereocenters. The summed E-state index contributed by atoms with van der Waals surface area (Å²) in [7, 11) is 0. The second-order valence-electron chi connectivity index (χ2n) is 5.56. The minimum atomic E-state index is -0.511. The molecule has 1 aliphatic rings. The molecule has 1 atom stereocenters. The van der Waals surface area contributed by atoms with Crippen molar-refractivity contribution >= 4 is 17.7 Å². The number of carbonyl (C=O) groups is 1. The standard InChI is InChI=1S/C14H18ClNO3/c1-14(2,3)19-13(17)16-12-8-18-7-9-6-10(15)4-5-11(9)12/h4-6,12H,7-8H2,1-3H3,(H,16,17)/t12-/m1/s1. The molecule has 1 amide bonds. The van der Waals surface area contributed by atoms with Gasteiger partial charge in [-0.15, -0.1) is 0 Å². The number of halogens is 1. The van der Waals surface area contributed by atoms with Crippen LogP contribution in [-0.2, 0) is 16.1 Å². The monoisotopic (exact) mass is 283 g/mol. The molecule has 0 bridgehead atoms. The molecule has 0 aliphatic carbocycles. The first kappa shape index (κ1) is 14.2. The zero-order chi connectivity index (χ0) is 14.0. The third-order valence-corrected chi connectivity index (χ3v) is 2.95. The molecule has 19 heavy (non-hydrogen) atoms. The highest BCUT2D eigenvalue weighted by Gasteiger charge is 2.25. The van der Waals surface area contributed by atoms with E-state index < -0.39 is 11.7 Å². The number of carbonyl (C=O) groups excluding carboxylic acids is 1. The SMILES string of the molecule is CC(C)(C)OC(=O)N[C@@H]1COCc2cc(Cl)ccc21. The molecule has 1 aliphatic heterocycles. The minimum absolute atomic E-state index is 0.198. The van der Waals surface area contributed by atoms with Crippen molar-refractivity contribution in [2.75, 3.05) is 6.61 Å². The summed E-state index contributed by atoms with van der Waals surface area (Å²) in [5.41, 5.74) is 1.52. The first-order valence-corrected chi connectivity index (χ1v) is 6.58. The lowest BCUT2D eigenvalue weighted by molar-refractivity contribution is 0.0390. The number of alkyl carbamates (subject to hydrolysis) is 1. The van der Waals surface area contributed by atoms with Gasteiger partial charge in [0, 0.05) is 5.02 Å². The van der Waals surface area contributed by atoms with Gasteiger partial charge in [0.2, 0.25) is 0 Å². The quantitative estimate of drug-likeness (QED) is 0.859. The summed E-state index contributed by atoms with van der Waals surface area (Å²) >= 11 is 5.95. The van der Waals surface area contributed by atoms with E-state index in [0.29, 0.717) is 18.2 Å². The summed E-state index contributed by atoms with van der Waals surface area (Å²) in [6.45, 7) is 6.45. The highest BCUT2D eigenvalue weighted by Crippen LogP contribution is 2.27. The van der Waals surface area contributed by atoms with Crippen LogP contribution in [0.4, 0.5) is 4.79 Å². The maximum atomic E-state index is 11.8. The maximum absolute atomic E-state index is 11.8. The van der Waals surface area contributed by atoms with Crippen LogP contribution < -0.4 is 5.32 Å². The van der Waals surface area contributed by atoms with Gasteiger partial charge < -0.3 is 14.8 Å². The third kappa shape index (κ3) is 3.85. The van der Waals surface area contributed by atoms with Crippen LogP contribution in [0, 0.1) is 0 Å². The summed E-state index contributed by atoms with van der Waals surface area (Å²) in [6.07, 6.45) is -0.441.